The lowest BCUT2D eigenvalue weighted by molar-refractivity contribution is -0.143. The highest BCUT2D eigenvalue weighted by molar-refractivity contribution is 6.32. The fourth-order valence-corrected chi connectivity index (χ4v) is 4.29. The van der Waals surface area contributed by atoms with Crippen molar-refractivity contribution in [1.29, 1.82) is 0 Å². The molecule has 1 aromatic carbocycles. The number of hydrogen-bond acceptors (Lipinski definition) is 5. The molecule has 0 saturated carbocycles. The molecule has 1 aromatic rings. The number of rotatable bonds is 3. The fraction of sp³-hybridized carbons (Fsp3) is 0.600. The zero-order valence-corrected chi connectivity index (χ0v) is 16.6. The lowest BCUT2D eigenvalue weighted by Gasteiger charge is -2.36. The highest BCUT2D eigenvalue weighted by Crippen LogP contribution is 2.38. The van der Waals surface area contributed by atoms with Gasteiger partial charge in [0.05, 0.1) is 30.6 Å². The molecule has 8 heteroatoms. The average Bonchev–Trinajstić information content (AvgIpc) is 2.74. The number of amides is 2. The molecule has 4 rings (SSSR count). The number of ether oxygens (including phenoxy) is 3. The molecular formula is C20H25ClN2O5. The second-order valence-corrected chi connectivity index (χ2v) is 7.80. The largest absolute Gasteiger partial charge is 0.486 e. The van der Waals surface area contributed by atoms with E-state index in [1.807, 2.05) is 11.0 Å². The monoisotopic (exact) mass is 408 g/mol. The lowest BCUT2D eigenvalue weighted by Crippen LogP contribution is -2.49. The van der Waals surface area contributed by atoms with Gasteiger partial charge in [-0.2, -0.15) is 0 Å². The summed E-state index contributed by atoms with van der Waals surface area (Å²) in [6.45, 7) is 4.56. The van der Waals surface area contributed by atoms with Crippen molar-refractivity contribution >= 4 is 23.4 Å². The Morgan fingerprint density at radius 3 is 2.64 bits per heavy atom. The van der Waals surface area contributed by atoms with E-state index in [-0.39, 0.29) is 24.2 Å². The first kappa shape index (κ1) is 19.3. The third-order valence-electron chi connectivity index (χ3n) is 5.46. The molecule has 152 valence electrons. The Kier molecular flexibility index (Phi) is 5.92. The molecule has 3 aliphatic rings. The van der Waals surface area contributed by atoms with Crippen molar-refractivity contribution in [2.45, 2.75) is 19.3 Å². The number of nitrogens with zero attached hydrogens (tertiary/aromatic N) is 2. The summed E-state index contributed by atoms with van der Waals surface area (Å²) in [7, 11) is 0. The van der Waals surface area contributed by atoms with Crippen LogP contribution in [0.3, 0.4) is 0 Å². The maximum atomic E-state index is 12.9. The number of piperidine rings is 1. The maximum absolute atomic E-state index is 12.9. The zero-order valence-electron chi connectivity index (χ0n) is 15.8. The Hall–Kier alpha value is -1.99. The number of likely N-dealkylation sites (tertiary alicyclic amines) is 1. The topological polar surface area (TPSA) is 68.3 Å². The number of carbonyl (C=O) groups excluding carboxylic acids is 2. The SMILES string of the molecule is O=C(Cc1cc(Cl)c2c(c1)OCCO2)N1CCCC(C(=O)N2CCOCC2)C1. The number of morpholine rings is 1. The summed E-state index contributed by atoms with van der Waals surface area (Å²) >= 11 is 6.28. The van der Waals surface area contributed by atoms with Gasteiger partial charge in [0.2, 0.25) is 11.8 Å². The van der Waals surface area contributed by atoms with Gasteiger partial charge in [0.25, 0.3) is 0 Å². The molecule has 1 atom stereocenters. The van der Waals surface area contributed by atoms with Gasteiger partial charge in [0.15, 0.2) is 11.5 Å². The summed E-state index contributed by atoms with van der Waals surface area (Å²) < 4.78 is 16.4. The molecular weight excluding hydrogens is 384 g/mol. The predicted octanol–water partition coefficient (Wildman–Crippen LogP) is 1.75. The van der Waals surface area contributed by atoms with Crippen molar-refractivity contribution in [2.24, 2.45) is 5.92 Å². The zero-order chi connectivity index (χ0) is 19.5. The van der Waals surface area contributed by atoms with Gasteiger partial charge in [-0.1, -0.05) is 11.6 Å². The van der Waals surface area contributed by atoms with Crippen LogP contribution in [0.25, 0.3) is 0 Å². The minimum atomic E-state index is -0.125. The van der Waals surface area contributed by atoms with Crippen LogP contribution in [0, 0.1) is 5.92 Å². The summed E-state index contributed by atoms with van der Waals surface area (Å²) in [5.74, 6) is 1.15. The molecule has 3 heterocycles. The van der Waals surface area contributed by atoms with E-state index in [1.54, 1.807) is 11.0 Å². The highest BCUT2D eigenvalue weighted by atomic mass is 35.5. The molecule has 7 nitrogen and oxygen atoms in total. The van der Waals surface area contributed by atoms with E-state index in [0.717, 1.165) is 18.4 Å². The second kappa shape index (κ2) is 8.57. The minimum Gasteiger partial charge on any atom is -0.486 e. The van der Waals surface area contributed by atoms with Crippen LogP contribution < -0.4 is 9.47 Å². The minimum absolute atomic E-state index is 0.00669. The van der Waals surface area contributed by atoms with Crippen LogP contribution in [0.15, 0.2) is 12.1 Å². The van der Waals surface area contributed by atoms with Gasteiger partial charge in [-0.15, -0.1) is 0 Å². The third-order valence-corrected chi connectivity index (χ3v) is 5.74. The van der Waals surface area contributed by atoms with Crippen LogP contribution in [0.5, 0.6) is 11.5 Å². The van der Waals surface area contributed by atoms with E-state index in [4.69, 9.17) is 25.8 Å². The van der Waals surface area contributed by atoms with Crippen LogP contribution in [0.1, 0.15) is 18.4 Å². The number of fused-ring (bicyclic) bond motifs is 1. The molecule has 2 amide bonds. The van der Waals surface area contributed by atoms with E-state index in [1.165, 1.54) is 0 Å². The third kappa shape index (κ3) is 4.20. The Balaban J connectivity index is 1.39. The van der Waals surface area contributed by atoms with Gasteiger partial charge in [-0.3, -0.25) is 9.59 Å². The van der Waals surface area contributed by atoms with Crippen molar-refractivity contribution in [3.63, 3.8) is 0 Å². The summed E-state index contributed by atoms with van der Waals surface area (Å²) in [4.78, 5) is 29.3. The molecule has 0 radical (unpaired) electrons. The first-order chi connectivity index (χ1) is 13.6. The molecule has 0 bridgehead atoms. The van der Waals surface area contributed by atoms with E-state index < -0.39 is 0 Å². The second-order valence-electron chi connectivity index (χ2n) is 7.40. The average molecular weight is 409 g/mol. The van der Waals surface area contributed by atoms with Gasteiger partial charge in [-0.25, -0.2) is 0 Å². The number of halogens is 1. The number of carbonyl (C=O) groups is 2. The van der Waals surface area contributed by atoms with E-state index >= 15 is 0 Å². The van der Waals surface area contributed by atoms with Crippen molar-refractivity contribution in [3.8, 4) is 11.5 Å². The molecule has 0 aliphatic carbocycles. The summed E-state index contributed by atoms with van der Waals surface area (Å²) in [6, 6.07) is 3.58. The van der Waals surface area contributed by atoms with E-state index in [0.29, 0.717) is 69.1 Å². The van der Waals surface area contributed by atoms with Crippen molar-refractivity contribution in [2.75, 3.05) is 52.6 Å². The molecule has 2 fully saturated rings. The standard InChI is InChI=1S/C20H25ClN2O5/c21-16-10-14(11-17-19(16)28-9-8-27-17)12-18(24)23-3-1-2-15(13-23)20(25)22-4-6-26-7-5-22/h10-11,15H,1-9,12-13H2. The lowest BCUT2D eigenvalue weighted by atomic mass is 9.95. The quantitative estimate of drug-likeness (QED) is 0.762. The Morgan fingerprint density at radius 1 is 1.04 bits per heavy atom. The van der Waals surface area contributed by atoms with Crippen molar-refractivity contribution in [3.05, 3.63) is 22.7 Å². The maximum Gasteiger partial charge on any atom is 0.227 e. The molecule has 28 heavy (non-hydrogen) atoms. The number of hydrogen-bond donors (Lipinski definition) is 0. The summed E-state index contributed by atoms with van der Waals surface area (Å²) in [6.07, 6.45) is 1.90. The highest BCUT2D eigenvalue weighted by Gasteiger charge is 2.32. The first-order valence-corrected chi connectivity index (χ1v) is 10.2. The van der Waals surface area contributed by atoms with E-state index in [9.17, 15) is 9.59 Å². The Morgan fingerprint density at radius 2 is 1.82 bits per heavy atom. The van der Waals surface area contributed by atoms with Crippen molar-refractivity contribution < 1.29 is 23.8 Å². The molecule has 2 saturated heterocycles. The molecule has 0 aromatic heterocycles. The van der Waals surface area contributed by atoms with Gasteiger partial charge < -0.3 is 24.0 Å². The summed E-state index contributed by atoms with van der Waals surface area (Å²) in [5, 5.41) is 0.457. The Labute approximate surface area is 169 Å². The van der Waals surface area contributed by atoms with Crippen LogP contribution in [0.2, 0.25) is 5.02 Å². The van der Waals surface area contributed by atoms with E-state index in [2.05, 4.69) is 0 Å². The van der Waals surface area contributed by atoms with Gasteiger partial charge >= 0.3 is 0 Å². The van der Waals surface area contributed by atoms with Gasteiger partial charge in [-0.05, 0) is 30.5 Å². The molecule has 3 aliphatic heterocycles. The fourth-order valence-electron chi connectivity index (χ4n) is 4.00. The molecule has 1 unspecified atom stereocenters. The first-order valence-electron chi connectivity index (χ1n) is 9.84. The smallest absolute Gasteiger partial charge is 0.227 e. The molecule has 0 N–H and O–H groups in total. The predicted molar refractivity (Wildman–Crippen MR) is 103 cm³/mol. The van der Waals surface area contributed by atoms with Crippen LogP contribution >= 0.6 is 11.6 Å². The van der Waals surface area contributed by atoms with Crippen LogP contribution in [-0.2, 0) is 20.7 Å². The normalized spacial score (nSPS) is 22.1. The Bertz CT molecular complexity index is 750. The van der Waals surface area contributed by atoms with Crippen LogP contribution in [-0.4, -0.2) is 74.2 Å². The van der Waals surface area contributed by atoms with Crippen LogP contribution in [0.4, 0.5) is 0 Å². The van der Waals surface area contributed by atoms with Gasteiger partial charge in [0.1, 0.15) is 13.2 Å². The summed E-state index contributed by atoms with van der Waals surface area (Å²) in [5.41, 5.74) is 0.792. The van der Waals surface area contributed by atoms with Gasteiger partial charge in [0, 0.05) is 26.2 Å². The molecule has 0 spiro atoms. The number of benzene rings is 1. The van der Waals surface area contributed by atoms with Crippen molar-refractivity contribution in [1.82, 2.24) is 9.80 Å².